The highest BCUT2D eigenvalue weighted by Gasteiger charge is 2.22. The van der Waals surface area contributed by atoms with E-state index in [2.05, 4.69) is 43.0 Å². The van der Waals surface area contributed by atoms with Gasteiger partial charge in [-0.05, 0) is 70.4 Å². The van der Waals surface area contributed by atoms with Crippen molar-refractivity contribution in [3.63, 3.8) is 0 Å². The van der Waals surface area contributed by atoms with Gasteiger partial charge >= 0.3 is 0 Å². The number of nitrogens with zero attached hydrogens (tertiary/aromatic N) is 4. The maximum absolute atomic E-state index is 13.1. The summed E-state index contributed by atoms with van der Waals surface area (Å²) >= 11 is 0. The Balaban J connectivity index is 1.33. The standard InChI is InChI=1S/C28H38N6O5/c1-18(2)38-25-10-20(11-26(15-25)39-19(3)4)16-34-8-6-22(7-9-34)29-28(35)21-12-23(36-5)14-24(13-21)37-17-27-30-32-33-31-27/h10-15,18-19,22H,6-9,16-17H2,1-5H3,(H,29,35)(H,30,31,32,33). The number of likely N-dealkylation sites (tertiary alicyclic amines) is 1. The van der Waals surface area contributed by atoms with E-state index < -0.39 is 0 Å². The number of aromatic amines is 1. The third-order valence-electron chi connectivity index (χ3n) is 6.15. The van der Waals surface area contributed by atoms with Gasteiger partial charge in [-0.25, -0.2) is 0 Å². The number of rotatable bonds is 12. The van der Waals surface area contributed by atoms with Gasteiger partial charge in [0.25, 0.3) is 5.91 Å². The SMILES string of the molecule is COc1cc(OCc2nn[nH]n2)cc(C(=O)NC2CCN(Cc3cc(OC(C)C)cc(OC(C)C)c3)CC2)c1. The van der Waals surface area contributed by atoms with Gasteiger partial charge in [0.1, 0.15) is 23.0 Å². The van der Waals surface area contributed by atoms with E-state index in [1.54, 1.807) is 25.3 Å². The van der Waals surface area contributed by atoms with Crippen LogP contribution in [0.4, 0.5) is 0 Å². The van der Waals surface area contributed by atoms with E-state index in [1.165, 1.54) is 0 Å². The number of ether oxygens (including phenoxy) is 4. The number of methoxy groups -OCH3 is 1. The van der Waals surface area contributed by atoms with Crippen LogP contribution in [0.15, 0.2) is 36.4 Å². The minimum absolute atomic E-state index is 0.0825. The number of hydrogen-bond donors (Lipinski definition) is 2. The lowest BCUT2D eigenvalue weighted by molar-refractivity contribution is 0.0907. The highest BCUT2D eigenvalue weighted by molar-refractivity contribution is 5.95. The summed E-state index contributed by atoms with van der Waals surface area (Å²) in [7, 11) is 1.55. The normalized spacial score (nSPS) is 14.4. The summed E-state index contributed by atoms with van der Waals surface area (Å²) in [6.07, 6.45) is 1.89. The van der Waals surface area contributed by atoms with E-state index >= 15 is 0 Å². The van der Waals surface area contributed by atoms with Crippen LogP contribution < -0.4 is 24.3 Å². The zero-order valence-corrected chi connectivity index (χ0v) is 23.3. The predicted molar refractivity (Wildman–Crippen MR) is 145 cm³/mol. The number of carbonyl (C=O) groups is 1. The van der Waals surface area contributed by atoms with Crippen LogP contribution in [0.5, 0.6) is 23.0 Å². The molecule has 11 nitrogen and oxygen atoms in total. The summed E-state index contributed by atoms with van der Waals surface area (Å²) in [5, 5.41) is 16.8. The molecule has 0 radical (unpaired) electrons. The molecule has 0 saturated carbocycles. The molecule has 0 bridgehead atoms. The molecule has 1 saturated heterocycles. The number of carbonyl (C=O) groups excluding carboxylic acids is 1. The Bertz CT molecular complexity index is 1180. The number of aromatic nitrogens is 4. The summed E-state index contributed by atoms with van der Waals surface area (Å²) in [6.45, 7) is 10.7. The highest BCUT2D eigenvalue weighted by Crippen LogP contribution is 2.27. The molecule has 0 atom stereocenters. The summed E-state index contributed by atoms with van der Waals surface area (Å²) in [5.41, 5.74) is 1.62. The van der Waals surface area contributed by atoms with Crippen molar-refractivity contribution >= 4 is 5.91 Å². The van der Waals surface area contributed by atoms with Crippen molar-refractivity contribution in [1.29, 1.82) is 0 Å². The van der Waals surface area contributed by atoms with E-state index in [-0.39, 0.29) is 30.8 Å². The monoisotopic (exact) mass is 538 g/mol. The molecule has 1 fully saturated rings. The van der Waals surface area contributed by atoms with Gasteiger partial charge < -0.3 is 24.3 Å². The average Bonchev–Trinajstić information content (AvgIpc) is 3.41. The van der Waals surface area contributed by atoms with Crippen molar-refractivity contribution < 1.29 is 23.7 Å². The molecule has 210 valence electrons. The van der Waals surface area contributed by atoms with Crippen LogP contribution in [0.2, 0.25) is 0 Å². The molecule has 11 heteroatoms. The van der Waals surface area contributed by atoms with Crippen LogP contribution in [0.3, 0.4) is 0 Å². The van der Waals surface area contributed by atoms with Gasteiger partial charge in [-0.2, -0.15) is 5.21 Å². The predicted octanol–water partition coefficient (Wildman–Crippen LogP) is 3.76. The lowest BCUT2D eigenvalue weighted by Gasteiger charge is -2.32. The first-order valence-corrected chi connectivity index (χ1v) is 13.3. The van der Waals surface area contributed by atoms with Crippen LogP contribution in [0, 0.1) is 0 Å². The highest BCUT2D eigenvalue weighted by atomic mass is 16.5. The molecule has 0 aliphatic carbocycles. The zero-order chi connectivity index (χ0) is 27.8. The second kappa shape index (κ2) is 13.3. The Kier molecular flexibility index (Phi) is 9.59. The molecule has 0 spiro atoms. The number of tetrazole rings is 1. The van der Waals surface area contributed by atoms with Crippen molar-refractivity contribution in [1.82, 2.24) is 30.8 Å². The third kappa shape index (κ3) is 8.57. The molecule has 2 heterocycles. The van der Waals surface area contributed by atoms with Crippen molar-refractivity contribution in [2.45, 2.75) is 71.9 Å². The molecule has 2 N–H and O–H groups in total. The van der Waals surface area contributed by atoms with Gasteiger partial charge in [-0.15, -0.1) is 10.2 Å². The lowest BCUT2D eigenvalue weighted by atomic mass is 10.0. The Morgan fingerprint density at radius 3 is 2.21 bits per heavy atom. The largest absolute Gasteiger partial charge is 0.497 e. The molecule has 1 amide bonds. The van der Waals surface area contributed by atoms with Crippen molar-refractivity contribution in [3.05, 3.63) is 53.3 Å². The molecule has 39 heavy (non-hydrogen) atoms. The van der Waals surface area contributed by atoms with E-state index in [4.69, 9.17) is 18.9 Å². The topological polar surface area (TPSA) is 124 Å². The first kappa shape index (κ1) is 28.2. The number of piperidine rings is 1. The van der Waals surface area contributed by atoms with E-state index in [0.29, 0.717) is 22.9 Å². The first-order valence-electron chi connectivity index (χ1n) is 13.3. The fourth-order valence-electron chi connectivity index (χ4n) is 4.46. The van der Waals surface area contributed by atoms with Gasteiger partial charge in [-0.1, -0.05) is 5.21 Å². The number of hydrogen-bond acceptors (Lipinski definition) is 9. The minimum Gasteiger partial charge on any atom is -0.497 e. The molecule has 1 aliphatic heterocycles. The van der Waals surface area contributed by atoms with E-state index in [0.717, 1.165) is 49.5 Å². The van der Waals surface area contributed by atoms with Gasteiger partial charge in [0.05, 0.1) is 19.3 Å². The minimum atomic E-state index is -0.161. The Morgan fingerprint density at radius 2 is 1.62 bits per heavy atom. The number of H-pyrrole nitrogens is 1. The number of benzene rings is 2. The van der Waals surface area contributed by atoms with Crippen LogP contribution in [-0.4, -0.2) is 69.9 Å². The van der Waals surface area contributed by atoms with Crippen molar-refractivity contribution in [3.8, 4) is 23.0 Å². The second-order valence-corrected chi connectivity index (χ2v) is 10.2. The van der Waals surface area contributed by atoms with Crippen LogP contribution in [0.1, 0.15) is 62.3 Å². The van der Waals surface area contributed by atoms with Gasteiger partial charge in [0, 0.05) is 43.4 Å². The second-order valence-electron chi connectivity index (χ2n) is 10.2. The lowest BCUT2D eigenvalue weighted by Crippen LogP contribution is -2.44. The molecule has 0 unspecified atom stereocenters. The first-order chi connectivity index (χ1) is 18.8. The van der Waals surface area contributed by atoms with Crippen molar-refractivity contribution in [2.75, 3.05) is 20.2 Å². The molecule has 1 aromatic heterocycles. The maximum atomic E-state index is 13.1. The summed E-state index contributed by atoms with van der Waals surface area (Å²) in [6, 6.07) is 11.3. The number of nitrogens with one attached hydrogen (secondary N) is 2. The van der Waals surface area contributed by atoms with E-state index in [9.17, 15) is 4.79 Å². The van der Waals surface area contributed by atoms with Gasteiger partial charge in [0.2, 0.25) is 5.82 Å². The molecule has 3 aromatic rings. The Morgan fingerprint density at radius 1 is 0.974 bits per heavy atom. The van der Waals surface area contributed by atoms with Crippen LogP contribution in [-0.2, 0) is 13.2 Å². The Labute approximate surface area is 229 Å². The summed E-state index contributed by atoms with van der Waals surface area (Å²) in [5.74, 6) is 2.91. The average molecular weight is 539 g/mol. The van der Waals surface area contributed by atoms with Gasteiger partial charge in [0.15, 0.2) is 6.61 Å². The fraction of sp³-hybridized carbons (Fsp3) is 0.500. The van der Waals surface area contributed by atoms with E-state index in [1.807, 2.05) is 33.8 Å². The summed E-state index contributed by atoms with van der Waals surface area (Å²) < 4.78 is 23.0. The van der Waals surface area contributed by atoms with Crippen LogP contribution in [0.25, 0.3) is 0 Å². The number of amides is 1. The Hall–Kier alpha value is -3.86. The molecular weight excluding hydrogens is 500 g/mol. The molecule has 2 aromatic carbocycles. The molecule has 4 rings (SSSR count). The summed E-state index contributed by atoms with van der Waals surface area (Å²) in [4.78, 5) is 15.5. The maximum Gasteiger partial charge on any atom is 0.251 e. The third-order valence-corrected chi connectivity index (χ3v) is 6.15. The van der Waals surface area contributed by atoms with Crippen LogP contribution >= 0.6 is 0 Å². The molecule has 1 aliphatic rings. The fourth-order valence-corrected chi connectivity index (χ4v) is 4.46. The molecular formula is C28H38N6O5. The van der Waals surface area contributed by atoms with Gasteiger partial charge in [-0.3, -0.25) is 9.69 Å². The smallest absolute Gasteiger partial charge is 0.251 e. The zero-order valence-electron chi connectivity index (χ0n) is 23.3. The van der Waals surface area contributed by atoms with Crippen molar-refractivity contribution in [2.24, 2.45) is 0 Å². The quantitative estimate of drug-likeness (QED) is 0.355.